The van der Waals surface area contributed by atoms with Crippen LogP contribution in [0.15, 0.2) is 78.9 Å². The molecule has 0 unspecified atom stereocenters. The lowest BCUT2D eigenvalue weighted by Gasteiger charge is -2.06. The Labute approximate surface area is 178 Å². The third kappa shape index (κ3) is 2.72. The average Bonchev–Trinajstić information content (AvgIpc) is 3.30. The van der Waals surface area contributed by atoms with Crippen molar-refractivity contribution in [1.82, 2.24) is 4.98 Å². The van der Waals surface area contributed by atoms with Gasteiger partial charge in [-0.15, -0.1) is 11.3 Å². The van der Waals surface area contributed by atoms with Crippen molar-refractivity contribution in [1.29, 1.82) is 5.26 Å². The highest BCUT2D eigenvalue weighted by Crippen LogP contribution is 2.67. The monoisotopic (exact) mass is 410 g/mol. The van der Waals surface area contributed by atoms with Gasteiger partial charge < -0.3 is 4.74 Å². The van der Waals surface area contributed by atoms with Gasteiger partial charge in [0.1, 0.15) is 16.2 Å². The lowest BCUT2D eigenvalue weighted by molar-refractivity contribution is 0.0959. The fraction of sp³-hybridized carbons (Fsp3) is 0.160. The molecule has 0 saturated heterocycles. The summed E-state index contributed by atoms with van der Waals surface area (Å²) in [5.41, 5.74) is 1.47. The van der Waals surface area contributed by atoms with Crippen molar-refractivity contribution in [2.24, 2.45) is 5.92 Å². The molecule has 4 aromatic rings. The van der Waals surface area contributed by atoms with Gasteiger partial charge in [0.2, 0.25) is 0 Å². The molecular weight excluding hydrogens is 392 g/mol. The molecule has 5 heteroatoms. The first-order valence-electron chi connectivity index (χ1n) is 9.69. The molecule has 0 amide bonds. The molecule has 1 aromatic heterocycles. The molecule has 0 bridgehead atoms. The molecule has 5 rings (SSSR count). The van der Waals surface area contributed by atoms with E-state index in [1.165, 1.54) is 11.3 Å². The number of nitriles is 1. The number of fused-ring (bicyclic) bond motifs is 1. The van der Waals surface area contributed by atoms with E-state index in [0.29, 0.717) is 10.6 Å². The van der Waals surface area contributed by atoms with Crippen molar-refractivity contribution in [2.75, 3.05) is 7.11 Å². The molecule has 1 aliphatic rings. The van der Waals surface area contributed by atoms with Gasteiger partial charge in [0.15, 0.2) is 5.78 Å². The maximum Gasteiger partial charge on any atom is 0.168 e. The maximum absolute atomic E-state index is 13.5. The lowest BCUT2D eigenvalue weighted by Crippen LogP contribution is -2.13. The van der Waals surface area contributed by atoms with Crippen LogP contribution in [-0.4, -0.2) is 17.9 Å². The van der Waals surface area contributed by atoms with E-state index in [1.807, 2.05) is 78.9 Å². The summed E-state index contributed by atoms with van der Waals surface area (Å²) in [6, 6.07) is 27.2. The smallest absolute Gasteiger partial charge is 0.168 e. The number of aromatic nitrogens is 1. The van der Waals surface area contributed by atoms with E-state index < -0.39 is 11.3 Å². The number of Topliss-reactive ketones (excluding diaryl/α,β-unsaturated/α-hetero) is 1. The van der Waals surface area contributed by atoms with Crippen molar-refractivity contribution in [3.8, 4) is 11.8 Å². The van der Waals surface area contributed by atoms with Gasteiger partial charge in [-0.3, -0.25) is 4.79 Å². The second-order valence-corrected chi connectivity index (χ2v) is 8.46. The number of carbonyl (C=O) groups is 1. The Morgan fingerprint density at radius 1 is 1.03 bits per heavy atom. The number of ether oxygens (including phenoxy) is 1. The Hall–Kier alpha value is -3.49. The number of hydrogen-bond acceptors (Lipinski definition) is 5. The lowest BCUT2D eigenvalue weighted by atomic mass is 9.99. The Morgan fingerprint density at radius 3 is 2.40 bits per heavy atom. The van der Waals surface area contributed by atoms with Crippen LogP contribution in [0.3, 0.4) is 0 Å². The van der Waals surface area contributed by atoms with Crippen molar-refractivity contribution < 1.29 is 9.53 Å². The number of thiazole rings is 1. The molecule has 0 aliphatic heterocycles. The van der Waals surface area contributed by atoms with Gasteiger partial charge in [-0.05, 0) is 29.8 Å². The van der Waals surface area contributed by atoms with E-state index in [0.717, 1.165) is 21.5 Å². The van der Waals surface area contributed by atoms with E-state index in [9.17, 15) is 10.1 Å². The van der Waals surface area contributed by atoms with E-state index in [-0.39, 0.29) is 11.7 Å². The Balaban J connectivity index is 1.65. The highest BCUT2D eigenvalue weighted by Gasteiger charge is 2.72. The van der Waals surface area contributed by atoms with Crippen LogP contribution in [0.4, 0.5) is 0 Å². The standard InChI is InChI=1S/C25H18N2O2S/c1-29-18-13-11-16(12-14-18)21-22(23(28)17-7-3-2-4-8-17)25(21,15-26)24-27-19-9-5-6-10-20(19)30-24/h2-14,21-22H,1H3/t21-,22+,25+/m1/s1. The summed E-state index contributed by atoms with van der Waals surface area (Å²) >= 11 is 1.50. The molecule has 1 fully saturated rings. The van der Waals surface area contributed by atoms with Crippen LogP contribution in [0.2, 0.25) is 0 Å². The topological polar surface area (TPSA) is 63.0 Å². The molecular formula is C25H18N2O2S. The second-order valence-electron chi connectivity index (χ2n) is 7.43. The number of nitrogens with zero attached hydrogens (tertiary/aromatic N) is 2. The van der Waals surface area contributed by atoms with E-state index in [4.69, 9.17) is 9.72 Å². The highest BCUT2D eigenvalue weighted by atomic mass is 32.1. The van der Waals surface area contributed by atoms with Crippen LogP contribution in [0.1, 0.15) is 26.8 Å². The summed E-state index contributed by atoms with van der Waals surface area (Å²) in [4.78, 5) is 18.3. The minimum atomic E-state index is -0.967. The number of benzene rings is 3. The molecule has 0 spiro atoms. The fourth-order valence-electron chi connectivity index (χ4n) is 4.30. The van der Waals surface area contributed by atoms with E-state index in [1.54, 1.807) is 7.11 Å². The molecule has 4 nitrogen and oxygen atoms in total. The molecule has 1 saturated carbocycles. The first-order chi connectivity index (χ1) is 14.7. The van der Waals surface area contributed by atoms with Gasteiger partial charge >= 0.3 is 0 Å². The van der Waals surface area contributed by atoms with E-state index in [2.05, 4.69) is 6.07 Å². The van der Waals surface area contributed by atoms with Crippen molar-refractivity contribution >= 4 is 27.3 Å². The van der Waals surface area contributed by atoms with Crippen LogP contribution >= 0.6 is 11.3 Å². The largest absolute Gasteiger partial charge is 0.497 e. The first kappa shape index (κ1) is 18.5. The van der Waals surface area contributed by atoms with Crippen LogP contribution in [0.25, 0.3) is 10.2 Å². The van der Waals surface area contributed by atoms with Crippen LogP contribution in [0.5, 0.6) is 5.75 Å². The summed E-state index contributed by atoms with van der Waals surface area (Å²) in [6.07, 6.45) is 0. The number of ketones is 1. The fourth-order valence-corrected chi connectivity index (χ4v) is 5.48. The number of para-hydroxylation sites is 1. The summed E-state index contributed by atoms with van der Waals surface area (Å²) in [6.45, 7) is 0. The van der Waals surface area contributed by atoms with Crippen LogP contribution in [-0.2, 0) is 5.41 Å². The zero-order valence-electron chi connectivity index (χ0n) is 16.3. The summed E-state index contributed by atoms with van der Waals surface area (Å²) in [5, 5.41) is 11.1. The SMILES string of the molecule is COc1ccc([C@@H]2[C@@H](C(=O)c3ccccc3)[C@@]2(C#N)c2nc3ccccc3s2)cc1. The first-order valence-corrected chi connectivity index (χ1v) is 10.5. The second kappa shape index (κ2) is 7.08. The maximum atomic E-state index is 13.5. The third-order valence-corrected chi connectivity index (χ3v) is 7.04. The number of rotatable bonds is 5. The van der Waals surface area contributed by atoms with Gasteiger partial charge in [-0.2, -0.15) is 5.26 Å². The molecule has 3 aromatic carbocycles. The molecule has 146 valence electrons. The summed E-state index contributed by atoms with van der Waals surface area (Å²) in [7, 11) is 1.62. The average molecular weight is 410 g/mol. The Bertz CT molecular complexity index is 1240. The molecule has 1 heterocycles. The van der Waals surface area contributed by atoms with Crippen molar-refractivity contribution in [3.63, 3.8) is 0 Å². The van der Waals surface area contributed by atoms with Gasteiger partial charge in [-0.25, -0.2) is 4.98 Å². The minimum absolute atomic E-state index is 0.0165. The number of methoxy groups -OCH3 is 1. The number of carbonyl (C=O) groups excluding carboxylic acids is 1. The Morgan fingerprint density at radius 2 is 1.73 bits per heavy atom. The van der Waals surface area contributed by atoms with Crippen LogP contribution < -0.4 is 4.74 Å². The quantitative estimate of drug-likeness (QED) is 0.415. The molecule has 0 radical (unpaired) electrons. The predicted octanol–water partition coefficient (Wildman–Crippen LogP) is 5.36. The normalized spacial score (nSPS) is 22.4. The Kier molecular flexibility index (Phi) is 4.38. The zero-order valence-corrected chi connectivity index (χ0v) is 17.1. The van der Waals surface area contributed by atoms with Crippen molar-refractivity contribution in [2.45, 2.75) is 11.3 Å². The minimum Gasteiger partial charge on any atom is -0.497 e. The van der Waals surface area contributed by atoms with Gasteiger partial charge in [0, 0.05) is 11.5 Å². The molecule has 1 aliphatic carbocycles. The van der Waals surface area contributed by atoms with Crippen LogP contribution in [0, 0.1) is 17.2 Å². The molecule has 0 N–H and O–H groups in total. The van der Waals surface area contributed by atoms with Gasteiger partial charge in [-0.1, -0.05) is 54.6 Å². The predicted molar refractivity (Wildman–Crippen MR) is 117 cm³/mol. The number of hydrogen-bond donors (Lipinski definition) is 0. The van der Waals surface area contributed by atoms with Gasteiger partial charge in [0.05, 0.1) is 29.3 Å². The molecule has 30 heavy (non-hydrogen) atoms. The zero-order chi connectivity index (χ0) is 20.7. The highest BCUT2D eigenvalue weighted by molar-refractivity contribution is 7.18. The summed E-state index contributed by atoms with van der Waals surface area (Å²) in [5.74, 6) is 0.00522. The summed E-state index contributed by atoms with van der Waals surface area (Å²) < 4.78 is 6.30. The van der Waals surface area contributed by atoms with Gasteiger partial charge in [0.25, 0.3) is 0 Å². The van der Waals surface area contributed by atoms with Crippen molar-refractivity contribution in [3.05, 3.63) is 95.0 Å². The molecule has 3 atom stereocenters. The van der Waals surface area contributed by atoms with E-state index >= 15 is 0 Å². The third-order valence-electron chi connectivity index (χ3n) is 5.85.